The molecule has 1 amide bonds. The summed E-state index contributed by atoms with van der Waals surface area (Å²) in [4.78, 5) is 33.0. The number of benzene rings is 2. The minimum Gasteiger partial charge on any atom is -0.487 e. The van der Waals surface area contributed by atoms with E-state index in [0.29, 0.717) is 0 Å². The highest BCUT2D eigenvalue weighted by atomic mass is 19.3. The molecule has 1 N–H and O–H groups in total. The minimum absolute atomic E-state index is 0.107. The highest BCUT2D eigenvalue weighted by molar-refractivity contribution is 6.03. The van der Waals surface area contributed by atoms with Gasteiger partial charge < -0.3 is 14.8 Å². The van der Waals surface area contributed by atoms with Crippen LogP contribution in [0.25, 0.3) is 0 Å². The van der Waals surface area contributed by atoms with Crippen molar-refractivity contribution in [2.24, 2.45) is 0 Å². The standard InChI is InChI=1S/C19H14F3N5O7/c20-11-1-2-16(27(31)32)17(5-11)34-10-25-4-3-15(24-25)19(28)23-12-6-13(26(29)30)8-14(7-12)33-9-18(21)22/h1-8,18H,9-10H2,(H,23,28). The van der Waals surface area contributed by atoms with E-state index >= 15 is 0 Å². The van der Waals surface area contributed by atoms with Gasteiger partial charge in [0.15, 0.2) is 12.4 Å². The number of amides is 1. The fourth-order valence-corrected chi connectivity index (χ4v) is 2.64. The van der Waals surface area contributed by atoms with Gasteiger partial charge in [-0.25, -0.2) is 17.9 Å². The zero-order valence-electron chi connectivity index (χ0n) is 16.9. The number of non-ortho nitro benzene ring substituents is 1. The number of aromatic nitrogens is 2. The van der Waals surface area contributed by atoms with Crippen LogP contribution >= 0.6 is 0 Å². The van der Waals surface area contributed by atoms with E-state index in [4.69, 9.17) is 9.47 Å². The van der Waals surface area contributed by atoms with E-state index in [0.717, 1.165) is 41.1 Å². The molecule has 0 spiro atoms. The first-order chi connectivity index (χ1) is 16.1. The Bertz CT molecular complexity index is 1230. The van der Waals surface area contributed by atoms with Gasteiger partial charge in [0.1, 0.15) is 18.2 Å². The number of carbonyl (C=O) groups is 1. The lowest BCUT2D eigenvalue weighted by molar-refractivity contribution is -0.386. The van der Waals surface area contributed by atoms with Crippen molar-refractivity contribution in [3.63, 3.8) is 0 Å². The van der Waals surface area contributed by atoms with Crippen LogP contribution in [0.4, 0.5) is 30.2 Å². The van der Waals surface area contributed by atoms with Crippen LogP contribution in [0, 0.1) is 26.0 Å². The Labute approximate surface area is 187 Å². The molecule has 0 unspecified atom stereocenters. The van der Waals surface area contributed by atoms with Crippen molar-refractivity contribution >= 4 is 23.0 Å². The minimum atomic E-state index is -2.81. The maximum atomic E-state index is 13.4. The SMILES string of the molecule is O=C(Nc1cc(OCC(F)F)cc([N+](=O)[O-])c1)c1ccn(COc2cc(F)ccc2[N+](=O)[O-])n1. The van der Waals surface area contributed by atoms with Gasteiger partial charge >= 0.3 is 5.69 Å². The first kappa shape index (κ1) is 24.0. The second kappa shape index (κ2) is 10.3. The average Bonchev–Trinajstić information content (AvgIpc) is 3.25. The van der Waals surface area contributed by atoms with E-state index in [1.54, 1.807) is 0 Å². The number of hydrogen-bond donors (Lipinski definition) is 1. The molecule has 0 aliphatic carbocycles. The molecule has 0 radical (unpaired) electrons. The molecule has 0 aliphatic heterocycles. The van der Waals surface area contributed by atoms with Crippen molar-refractivity contribution in [1.29, 1.82) is 0 Å². The Balaban J connectivity index is 1.70. The maximum absolute atomic E-state index is 13.4. The van der Waals surface area contributed by atoms with Crippen molar-refractivity contribution in [3.05, 3.63) is 80.4 Å². The third-order valence-electron chi connectivity index (χ3n) is 4.08. The predicted octanol–water partition coefficient (Wildman–Crippen LogP) is 3.77. The Morgan fingerprint density at radius 1 is 1.09 bits per heavy atom. The van der Waals surface area contributed by atoms with Crippen molar-refractivity contribution in [2.75, 3.05) is 11.9 Å². The molecule has 15 heteroatoms. The van der Waals surface area contributed by atoms with Crippen LogP contribution in [0.1, 0.15) is 10.5 Å². The molecule has 0 atom stereocenters. The number of nitrogens with one attached hydrogen (secondary N) is 1. The zero-order valence-corrected chi connectivity index (χ0v) is 16.9. The summed E-state index contributed by atoms with van der Waals surface area (Å²) >= 11 is 0. The van der Waals surface area contributed by atoms with E-state index in [-0.39, 0.29) is 22.9 Å². The normalized spacial score (nSPS) is 10.7. The number of halogens is 3. The lowest BCUT2D eigenvalue weighted by Gasteiger charge is -2.09. The number of ether oxygens (including phenoxy) is 2. The fraction of sp³-hybridized carbons (Fsp3) is 0.158. The molecular formula is C19H14F3N5O7. The van der Waals surface area contributed by atoms with Gasteiger partial charge in [-0.05, 0) is 12.1 Å². The molecule has 1 aromatic heterocycles. The van der Waals surface area contributed by atoms with Crippen molar-refractivity contribution in [1.82, 2.24) is 9.78 Å². The van der Waals surface area contributed by atoms with Crippen LogP contribution in [0.3, 0.4) is 0 Å². The summed E-state index contributed by atoms with van der Waals surface area (Å²) < 4.78 is 49.2. The number of rotatable bonds is 10. The molecule has 0 bridgehead atoms. The molecule has 0 saturated heterocycles. The smallest absolute Gasteiger partial charge is 0.311 e. The first-order valence-electron chi connectivity index (χ1n) is 9.24. The summed E-state index contributed by atoms with van der Waals surface area (Å²) in [5, 5.41) is 28.3. The number of nitro groups is 2. The van der Waals surface area contributed by atoms with E-state index in [2.05, 4.69) is 10.4 Å². The Morgan fingerprint density at radius 3 is 2.53 bits per heavy atom. The van der Waals surface area contributed by atoms with Crippen LogP contribution < -0.4 is 14.8 Å². The van der Waals surface area contributed by atoms with Crippen molar-refractivity contribution in [2.45, 2.75) is 13.2 Å². The number of carbonyl (C=O) groups excluding carboxylic acids is 1. The van der Waals surface area contributed by atoms with Gasteiger partial charge in [0.2, 0.25) is 5.75 Å². The zero-order chi connectivity index (χ0) is 24.8. The van der Waals surface area contributed by atoms with Crippen LogP contribution in [-0.2, 0) is 6.73 Å². The molecule has 12 nitrogen and oxygen atoms in total. The Morgan fingerprint density at radius 2 is 1.85 bits per heavy atom. The molecule has 0 fully saturated rings. The summed E-state index contributed by atoms with van der Waals surface area (Å²) in [6, 6.07) is 6.96. The summed E-state index contributed by atoms with van der Waals surface area (Å²) in [5.74, 6) is -2.16. The Hall–Kier alpha value is -4.69. The molecule has 178 valence electrons. The summed E-state index contributed by atoms with van der Waals surface area (Å²) in [7, 11) is 0. The van der Waals surface area contributed by atoms with Gasteiger partial charge in [0.25, 0.3) is 18.0 Å². The number of nitrogens with zero attached hydrogens (tertiary/aromatic N) is 4. The molecule has 0 aliphatic rings. The number of hydrogen-bond acceptors (Lipinski definition) is 8. The van der Waals surface area contributed by atoms with Crippen LogP contribution in [0.15, 0.2) is 48.7 Å². The van der Waals surface area contributed by atoms with Gasteiger partial charge in [-0.3, -0.25) is 25.0 Å². The number of nitro benzene ring substituents is 2. The van der Waals surface area contributed by atoms with E-state index in [9.17, 15) is 38.2 Å². The lowest BCUT2D eigenvalue weighted by Crippen LogP contribution is -2.15. The van der Waals surface area contributed by atoms with E-state index in [1.165, 1.54) is 12.3 Å². The first-order valence-corrected chi connectivity index (χ1v) is 9.24. The number of anilines is 1. The van der Waals surface area contributed by atoms with Gasteiger partial charge in [-0.1, -0.05) is 0 Å². The molecule has 0 saturated carbocycles. The largest absolute Gasteiger partial charge is 0.487 e. The van der Waals surface area contributed by atoms with E-state index < -0.39 is 52.7 Å². The predicted molar refractivity (Wildman–Crippen MR) is 108 cm³/mol. The Kier molecular flexibility index (Phi) is 7.25. The highest BCUT2D eigenvalue weighted by Crippen LogP contribution is 2.28. The molecule has 3 rings (SSSR count). The molecule has 34 heavy (non-hydrogen) atoms. The summed E-state index contributed by atoms with van der Waals surface area (Å²) in [6.07, 6.45) is -1.51. The third kappa shape index (κ3) is 6.18. The fourth-order valence-electron chi connectivity index (χ4n) is 2.64. The van der Waals surface area contributed by atoms with Gasteiger partial charge in [-0.15, -0.1) is 0 Å². The van der Waals surface area contributed by atoms with Gasteiger partial charge in [-0.2, -0.15) is 5.10 Å². The van der Waals surface area contributed by atoms with Crippen LogP contribution in [0.2, 0.25) is 0 Å². The van der Waals surface area contributed by atoms with Gasteiger partial charge in [0, 0.05) is 30.5 Å². The molecule has 1 heterocycles. The third-order valence-corrected chi connectivity index (χ3v) is 4.08. The highest BCUT2D eigenvalue weighted by Gasteiger charge is 2.18. The number of alkyl halides is 2. The molecular weight excluding hydrogens is 467 g/mol. The van der Waals surface area contributed by atoms with Crippen molar-refractivity contribution in [3.8, 4) is 11.5 Å². The monoisotopic (exact) mass is 481 g/mol. The summed E-state index contributed by atoms with van der Waals surface area (Å²) in [5.41, 5.74) is -1.25. The second-order valence-corrected chi connectivity index (χ2v) is 6.51. The van der Waals surface area contributed by atoms with E-state index in [1.807, 2.05) is 0 Å². The van der Waals surface area contributed by atoms with Crippen LogP contribution in [-0.4, -0.2) is 38.6 Å². The molecule has 2 aromatic carbocycles. The van der Waals surface area contributed by atoms with Crippen LogP contribution in [0.5, 0.6) is 11.5 Å². The lowest BCUT2D eigenvalue weighted by atomic mass is 10.2. The quantitative estimate of drug-likeness (QED) is 0.339. The maximum Gasteiger partial charge on any atom is 0.311 e. The van der Waals surface area contributed by atoms with Crippen molar-refractivity contribution < 1.29 is 37.3 Å². The van der Waals surface area contributed by atoms with Gasteiger partial charge in [0.05, 0.1) is 21.6 Å². The average molecular weight is 481 g/mol. The summed E-state index contributed by atoms with van der Waals surface area (Å²) in [6.45, 7) is -1.40. The second-order valence-electron chi connectivity index (χ2n) is 6.51. The topological polar surface area (TPSA) is 152 Å². The molecule has 3 aromatic rings.